The van der Waals surface area contributed by atoms with Gasteiger partial charge in [-0.25, -0.2) is 0 Å². The van der Waals surface area contributed by atoms with Gasteiger partial charge in [0.25, 0.3) is 0 Å². The smallest absolute Gasteiger partial charge is 0.222 e. The Morgan fingerprint density at radius 2 is 1.96 bits per heavy atom. The standard InChI is InChI=1S/C22H23N5O/c1-25-14-21-19(13-26(2)24-21)16-10-18-17(5-6-20(18)23-11-16)15-7-9-27(12-15)8-3-4-22(25)28/h5,7,9-13H,3-4,6,8,14H2,1-2H3. The van der Waals surface area contributed by atoms with Crippen molar-refractivity contribution in [2.24, 2.45) is 7.05 Å². The summed E-state index contributed by atoms with van der Waals surface area (Å²) < 4.78 is 3.99. The molecule has 0 unspecified atom stereocenters. The first kappa shape index (κ1) is 17.0. The summed E-state index contributed by atoms with van der Waals surface area (Å²) in [5.41, 5.74) is 7.76. The molecule has 4 heterocycles. The molecule has 0 N–H and O–H groups in total. The topological polar surface area (TPSA) is 56.0 Å². The zero-order chi connectivity index (χ0) is 19.3. The second-order valence-corrected chi connectivity index (χ2v) is 7.69. The minimum atomic E-state index is 0.148. The van der Waals surface area contributed by atoms with E-state index < -0.39 is 0 Å². The number of carbonyl (C=O) groups is 1. The molecule has 0 atom stereocenters. The van der Waals surface area contributed by atoms with Gasteiger partial charge in [-0.2, -0.15) is 5.10 Å². The monoisotopic (exact) mass is 373 g/mol. The minimum Gasteiger partial charge on any atom is -0.354 e. The third-order valence-corrected chi connectivity index (χ3v) is 5.66. The Labute approximate surface area is 164 Å². The quantitative estimate of drug-likeness (QED) is 0.609. The largest absolute Gasteiger partial charge is 0.354 e. The number of allylic oxidation sites excluding steroid dienone is 1. The molecular weight excluding hydrogens is 350 g/mol. The van der Waals surface area contributed by atoms with Gasteiger partial charge in [-0.3, -0.25) is 14.5 Å². The fraction of sp³-hybridized carbons (Fsp3) is 0.318. The fourth-order valence-electron chi connectivity index (χ4n) is 4.17. The highest BCUT2D eigenvalue weighted by Crippen LogP contribution is 2.35. The van der Waals surface area contributed by atoms with Crippen LogP contribution in [0.5, 0.6) is 0 Å². The summed E-state index contributed by atoms with van der Waals surface area (Å²) in [6, 6.07) is 4.38. The van der Waals surface area contributed by atoms with E-state index in [0.29, 0.717) is 13.0 Å². The van der Waals surface area contributed by atoms with E-state index in [1.54, 1.807) is 4.90 Å². The van der Waals surface area contributed by atoms with Crippen LogP contribution in [0.15, 0.2) is 43.0 Å². The highest BCUT2D eigenvalue weighted by molar-refractivity contribution is 5.86. The Bertz CT molecular complexity index is 1100. The second kappa shape index (κ2) is 6.48. The normalized spacial score (nSPS) is 16.4. The molecule has 2 aliphatic rings. The van der Waals surface area contributed by atoms with Crippen molar-refractivity contribution in [2.75, 3.05) is 7.05 Å². The lowest BCUT2D eigenvalue weighted by atomic mass is 9.99. The van der Waals surface area contributed by atoms with Crippen LogP contribution in [0.3, 0.4) is 0 Å². The van der Waals surface area contributed by atoms with Crippen LogP contribution in [0.4, 0.5) is 0 Å². The summed E-state index contributed by atoms with van der Waals surface area (Å²) in [5.74, 6) is 0.148. The van der Waals surface area contributed by atoms with Crippen molar-refractivity contribution in [3.8, 4) is 11.1 Å². The average molecular weight is 373 g/mol. The third kappa shape index (κ3) is 2.85. The molecule has 0 radical (unpaired) electrons. The minimum absolute atomic E-state index is 0.148. The molecule has 4 bridgehead atoms. The summed E-state index contributed by atoms with van der Waals surface area (Å²) in [7, 11) is 3.77. The number of rotatable bonds is 0. The molecule has 142 valence electrons. The molecule has 0 saturated heterocycles. The first-order valence-corrected chi connectivity index (χ1v) is 9.71. The average Bonchev–Trinajstić information content (AvgIpc) is 3.38. The molecule has 0 saturated carbocycles. The maximum atomic E-state index is 12.6. The number of pyridine rings is 1. The number of amides is 1. The Kier molecular flexibility index (Phi) is 3.93. The summed E-state index contributed by atoms with van der Waals surface area (Å²) >= 11 is 0. The van der Waals surface area contributed by atoms with Gasteiger partial charge in [-0.05, 0) is 29.7 Å². The molecular formula is C22H23N5O. The fourth-order valence-corrected chi connectivity index (χ4v) is 4.17. The van der Waals surface area contributed by atoms with E-state index >= 15 is 0 Å². The van der Waals surface area contributed by atoms with Gasteiger partial charge in [0.15, 0.2) is 0 Å². The number of hydrogen-bond donors (Lipinski definition) is 0. The molecule has 3 aromatic rings. The van der Waals surface area contributed by atoms with Gasteiger partial charge in [0.1, 0.15) is 0 Å². The van der Waals surface area contributed by atoms with Gasteiger partial charge in [0, 0.05) is 75.0 Å². The molecule has 0 fully saturated rings. The zero-order valence-electron chi connectivity index (χ0n) is 16.2. The van der Waals surface area contributed by atoms with E-state index in [0.717, 1.165) is 41.9 Å². The zero-order valence-corrected chi connectivity index (χ0v) is 16.2. The van der Waals surface area contributed by atoms with E-state index in [4.69, 9.17) is 4.98 Å². The first-order chi connectivity index (χ1) is 13.6. The molecule has 6 heteroatoms. The predicted octanol–water partition coefficient (Wildman–Crippen LogP) is 3.02. The summed E-state index contributed by atoms with van der Waals surface area (Å²) in [6.45, 7) is 1.34. The van der Waals surface area contributed by atoms with E-state index in [1.165, 1.54) is 16.7 Å². The SMILES string of the molecule is CN1Cc2nn(C)cc2-c2cnc3c(c2)C(=CC3)c2ccn(c2)CCCC1=O. The number of aromatic nitrogens is 4. The van der Waals surface area contributed by atoms with Crippen LogP contribution in [-0.4, -0.2) is 37.2 Å². The Morgan fingerprint density at radius 3 is 2.86 bits per heavy atom. The lowest BCUT2D eigenvalue weighted by Crippen LogP contribution is -2.26. The molecule has 6 nitrogen and oxygen atoms in total. The Hall–Kier alpha value is -3.15. The van der Waals surface area contributed by atoms with Crippen LogP contribution in [0.2, 0.25) is 0 Å². The van der Waals surface area contributed by atoms with Crippen molar-refractivity contribution >= 4 is 11.5 Å². The highest BCUT2D eigenvalue weighted by Gasteiger charge is 2.21. The molecule has 0 spiro atoms. The second-order valence-electron chi connectivity index (χ2n) is 7.69. The maximum Gasteiger partial charge on any atom is 0.222 e. The van der Waals surface area contributed by atoms with Crippen molar-refractivity contribution < 1.29 is 4.79 Å². The summed E-state index contributed by atoms with van der Waals surface area (Å²) in [4.78, 5) is 19.1. The molecule has 1 aliphatic carbocycles. The van der Waals surface area contributed by atoms with Crippen LogP contribution < -0.4 is 0 Å². The number of fused-ring (bicyclic) bond motifs is 6. The lowest BCUT2D eigenvalue weighted by Gasteiger charge is -2.17. The first-order valence-electron chi connectivity index (χ1n) is 9.71. The van der Waals surface area contributed by atoms with Crippen molar-refractivity contribution in [3.05, 3.63) is 65.5 Å². The van der Waals surface area contributed by atoms with E-state index in [2.05, 4.69) is 40.3 Å². The predicted molar refractivity (Wildman–Crippen MR) is 107 cm³/mol. The maximum absolute atomic E-state index is 12.6. The van der Waals surface area contributed by atoms with Gasteiger partial charge >= 0.3 is 0 Å². The molecule has 1 amide bonds. The van der Waals surface area contributed by atoms with Crippen molar-refractivity contribution in [1.82, 2.24) is 24.2 Å². The number of carbonyl (C=O) groups excluding carboxylic acids is 1. The van der Waals surface area contributed by atoms with E-state index in [9.17, 15) is 4.79 Å². The van der Waals surface area contributed by atoms with Crippen LogP contribution in [0.1, 0.15) is 35.4 Å². The van der Waals surface area contributed by atoms with Gasteiger partial charge in [-0.1, -0.05) is 6.08 Å². The van der Waals surface area contributed by atoms with Crippen LogP contribution in [-0.2, 0) is 31.4 Å². The molecule has 1 aliphatic heterocycles. The summed E-state index contributed by atoms with van der Waals surface area (Å²) in [6.07, 6.45) is 12.7. The van der Waals surface area contributed by atoms with Gasteiger partial charge in [-0.15, -0.1) is 0 Å². The van der Waals surface area contributed by atoms with Crippen LogP contribution in [0, 0.1) is 0 Å². The Morgan fingerprint density at radius 1 is 1.07 bits per heavy atom. The number of aryl methyl sites for hydroxylation is 2. The highest BCUT2D eigenvalue weighted by atomic mass is 16.2. The molecule has 3 aromatic heterocycles. The van der Waals surface area contributed by atoms with Gasteiger partial charge < -0.3 is 9.47 Å². The van der Waals surface area contributed by atoms with Gasteiger partial charge in [0.05, 0.1) is 17.9 Å². The number of hydrogen-bond acceptors (Lipinski definition) is 3. The van der Waals surface area contributed by atoms with E-state index in [-0.39, 0.29) is 5.91 Å². The van der Waals surface area contributed by atoms with Gasteiger partial charge in [0.2, 0.25) is 5.91 Å². The number of nitrogens with zero attached hydrogens (tertiary/aromatic N) is 5. The van der Waals surface area contributed by atoms with Crippen LogP contribution >= 0.6 is 0 Å². The van der Waals surface area contributed by atoms with Crippen molar-refractivity contribution in [2.45, 2.75) is 32.4 Å². The summed E-state index contributed by atoms with van der Waals surface area (Å²) in [5, 5.41) is 4.62. The molecule has 0 aromatic carbocycles. The van der Waals surface area contributed by atoms with Crippen molar-refractivity contribution in [1.29, 1.82) is 0 Å². The third-order valence-electron chi connectivity index (χ3n) is 5.66. The Balaban J connectivity index is 1.65. The van der Waals surface area contributed by atoms with Crippen molar-refractivity contribution in [3.63, 3.8) is 0 Å². The molecule has 5 rings (SSSR count). The van der Waals surface area contributed by atoms with E-state index in [1.807, 2.05) is 31.2 Å². The lowest BCUT2D eigenvalue weighted by molar-refractivity contribution is -0.130. The molecule has 28 heavy (non-hydrogen) atoms. The van der Waals surface area contributed by atoms with Crippen LogP contribution in [0.25, 0.3) is 16.7 Å².